The molecule has 0 unspecified atom stereocenters. The molecule has 0 saturated heterocycles. The van der Waals surface area contributed by atoms with Gasteiger partial charge in [-0.1, -0.05) is 29.8 Å². The second kappa shape index (κ2) is 4.94. The minimum atomic E-state index is 0.433. The summed E-state index contributed by atoms with van der Waals surface area (Å²) < 4.78 is 7.68. The number of nitrogens with zero attached hydrogens (tertiary/aromatic N) is 2. The molecule has 3 nitrogen and oxygen atoms in total. The summed E-state index contributed by atoms with van der Waals surface area (Å²) in [4.78, 5) is 4.46. The highest BCUT2D eigenvalue weighted by Crippen LogP contribution is 2.19. The highest BCUT2D eigenvalue weighted by atomic mass is 35.5. The van der Waals surface area contributed by atoms with Gasteiger partial charge in [0.15, 0.2) is 5.65 Å². The van der Waals surface area contributed by atoms with E-state index in [1.54, 1.807) is 0 Å². The topological polar surface area (TPSA) is 26.5 Å². The summed E-state index contributed by atoms with van der Waals surface area (Å²) >= 11 is 6.09. The van der Waals surface area contributed by atoms with Crippen molar-refractivity contribution in [1.82, 2.24) is 9.38 Å². The van der Waals surface area contributed by atoms with Crippen molar-refractivity contribution in [3.63, 3.8) is 0 Å². The van der Waals surface area contributed by atoms with E-state index >= 15 is 0 Å². The molecule has 19 heavy (non-hydrogen) atoms. The van der Waals surface area contributed by atoms with E-state index in [4.69, 9.17) is 16.3 Å². The molecule has 0 saturated carbocycles. The first kappa shape index (κ1) is 12.1. The first-order chi connectivity index (χ1) is 9.24. The fraction of sp³-hybridized carbons (Fsp3) is 0.133. The summed E-state index contributed by atoms with van der Waals surface area (Å²) in [6.07, 6.45) is 3.85. The molecule has 1 aromatic carbocycles. The number of imidazole rings is 1. The normalized spacial score (nSPS) is 10.8. The third kappa shape index (κ3) is 2.42. The lowest BCUT2D eigenvalue weighted by atomic mass is 10.2. The van der Waals surface area contributed by atoms with Crippen molar-refractivity contribution in [3.05, 3.63) is 65.1 Å². The molecule has 0 atom stereocenters. The maximum atomic E-state index is 6.09. The van der Waals surface area contributed by atoms with Gasteiger partial charge in [-0.05, 0) is 30.7 Å². The number of pyridine rings is 1. The number of fused-ring (bicyclic) bond motifs is 1. The van der Waals surface area contributed by atoms with Gasteiger partial charge < -0.3 is 9.14 Å². The van der Waals surface area contributed by atoms with Crippen LogP contribution in [0.25, 0.3) is 5.65 Å². The van der Waals surface area contributed by atoms with Crippen molar-refractivity contribution in [1.29, 1.82) is 0 Å². The number of hydrogen-bond acceptors (Lipinski definition) is 2. The molecule has 0 aliphatic carbocycles. The molecular weight excluding hydrogens is 260 g/mol. The average molecular weight is 273 g/mol. The highest BCUT2D eigenvalue weighted by molar-refractivity contribution is 6.33. The Morgan fingerprint density at radius 2 is 2.05 bits per heavy atom. The molecule has 2 aromatic heterocycles. The smallest absolute Gasteiger partial charge is 0.155 e. The van der Waals surface area contributed by atoms with E-state index in [0.717, 1.165) is 22.7 Å². The van der Waals surface area contributed by atoms with Crippen LogP contribution in [0.1, 0.15) is 11.3 Å². The summed E-state index contributed by atoms with van der Waals surface area (Å²) in [5.74, 6) is 0.880. The lowest BCUT2D eigenvalue weighted by Crippen LogP contribution is -1.96. The number of aromatic nitrogens is 2. The Morgan fingerprint density at radius 1 is 1.21 bits per heavy atom. The number of halogens is 1. The van der Waals surface area contributed by atoms with Crippen molar-refractivity contribution in [2.24, 2.45) is 0 Å². The van der Waals surface area contributed by atoms with Gasteiger partial charge >= 0.3 is 0 Å². The van der Waals surface area contributed by atoms with Crippen LogP contribution < -0.4 is 4.74 Å². The SMILES string of the molecule is Cc1ccccc1OCc1cn2cccc(Cl)c2n1. The quantitative estimate of drug-likeness (QED) is 0.723. The van der Waals surface area contributed by atoms with E-state index in [9.17, 15) is 0 Å². The molecule has 2 heterocycles. The summed E-state index contributed by atoms with van der Waals surface area (Å²) in [6, 6.07) is 11.7. The van der Waals surface area contributed by atoms with Crippen molar-refractivity contribution in [2.75, 3.05) is 0 Å². The summed E-state index contributed by atoms with van der Waals surface area (Å²) in [6.45, 7) is 2.46. The fourth-order valence-electron chi connectivity index (χ4n) is 1.97. The largest absolute Gasteiger partial charge is 0.487 e. The maximum Gasteiger partial charge on any atom is 0.155 e. The number of ether oxygens (including phenoxy) is 1. The molecule has 0 N–H and O–H groups in total. The number of rotatable bonds is 3. The molecule has 0 fully saturated rings. The van der Waals surface area contributed by atoms with Gasteiger partial charge in [-0.3, -0.25) is 0 Å². The second-order valence-corrected chi connectivity index (χ2v) is 4.78. The Bertz CT molecular complexity index is 721. The Morgan fingerprint density at radius 3 is 2.84 bits per heavy atom. The van der Waals surface area contributed by atoms with Crippen LogP contribution in [-0.2, 0) is 6.61 Å². The Labute approximate surface area is 116 Å². The molecular formula is C15H13ClN2O. The minimum absolute atomic E-state index is 0.433. The second-order valence-electron chi connectivity index (χ2n) is 4.37. The predicted octanol–water partition coefficient (Wildman–Crippen LogP) is 3.88. The first-order valence-corrected chi connectivity index (χ1v) is 6.42. The lowest BCUT2D eigenvalue weighted by Gasteiger charge is -2.06. The zero-order valence-corrected chi connectivity index (χ0v) is 11.3. The van der Waals surface area contributed by atoms with Gasteiger partial charge in [0.05, 0.1) is 10.7 Å². The third-order valence-electron chi connectivity index (χ3n) is 2.95. The van der Waals surface area contributed by atoms with Gasteiger partial charge in [0, 0.05) is 12.4 Å². The van der Waals surface area contributed by atoms with Crippen LogP contribution in [0.2, 0.25) is 5.02 Å². The first-order valence-electron chi connectivity index (χ1n) is 6.04. The summed E-state index contributed by atoms with van der Waals surface area (Å²) in [5, 5.41) is 0.643. The van der Waals surface area contributed by atoms with Crippen LogP contribution >= 0.6 is 11.6 Å². The van der Waals surface area contributed by atoms with Gasteiger partial charge in [-0.2, -0.15) is 0 Å². The van der Waals surface area contributed by atoms with Gasteiger partial charge in [0.2, 0.25) is 0 Å². The molecule has 0 spiro atoms. The molecule has 0 bridgehead atoms. The van der Waals surface area contributed by atoms with Crippen LogP contribution in [0.5, 0.6) is 5.75 Å². The number of benzene rings is 1. The predicted molar refractivity (Wildman–Crippen MR) is 75.7 cm³/mol. The molecule has 0 amide bonds. The lowest BCUT2D eigenvalue weighted by molar-refractivity contribution is 0.300. The molecule has 0 aliphatic heterocycles. The molecule has 0 radical (unpaired) electrons. The Kier molecular flexibility index (Phi) is 3.13. The van der Waals surface area contributed by atoms with Crippen LogP contribution in [0, 0.1) is 6.92 Å². The van der Waals surface area contributed by atoms with E-state index in [1.165, 1.54) is 0 Å². The molecule has 0 aliphatic rings. The summed E-state index contributed by atoms with van der Waals surface area (Å²) in [5.41, 5.74) is 2.73. The van der Waals surface area contributed by atoms with Crippen molar-refractivity contribution in [2.45, 2.75) is 13.5 Å². The fourth-order valence-corrected chi connectivity index (χ4v) is 2.18. The minimum Gasteiger partial charge on any atom is -0.487 e. The highest BCUT2D eigenvalue weighted by Gasteiger charge is 2.06. The third-order valence-corrected chi connectivity index (χ3v) is 3.25. The standard InChI is InChI=1S/C15H13ClN2O/c1-11-5-2-3-7-14(11)19-10-12-9-18-8-4-6-13(16)15(18)17-12/h2-9H,10H2,1H3. The van der Waals surface area contributed by atoms with E-state index in [-0.39, 0.29) is 0 Å². The van der Waals surface area contributed by atoms with Crippen molar-refractivity contribution in [3.8, 4) is 5.75 Å². The molecule has 3 aromatic rings. The molecule has 96 valence electrons. The Balaban J connectivity index is 1.83. The monoisotopic (exact) mass is 272 g/mol. The van der Waals surface area contributed by atoms with Crippen LogP contribution in [0.15, 0.2) is 48.8 Å². The maximum absolute atomic E-state index is 6.09. The number of hydrogen-bond donors (Lipinski definition) is 0. The van der Waals surface area contributed by atoms with E-state index in [2.05, 4.69) is 4.98 Å². The molecule has 4 heteroatoms. The van der Waals surface area contributed by atoms with Gasteiger partial charge in [-0.15, -0.1) is 0 Å². The van der Waals surface area contributed by atoms with Crippen molar-refractivity contribution < 1.29 is 4.74 Å². The van der Waals surface area contributed by atoms with Gasteiger partial charge in [0.25, 0.3) is 0 Å². The zero-order chi connectivity index (χ0) is 13.2. The van der Waals surface area contributed by atoms with E-state index in [0.29, 0.717) is 11.6 Å². The number of para-hydroxylation sites is 1. The zero-order valence-electron chi connectivity index (χ0n) is 10.5. The van der Waals surface area contributed by atoms with Crippen LogP contribution in [0.4, 0.5) is 0 Å². The van der Waals surface area contributed by atoms with E-state index < -0.39 is 0 Å². The van der Waals surface area contributed by atoms with Crippen molar-refractivity contribution >= 4 is 17.2 Å². The molecule has 3 rings (SSSR count). The van der Waals surface area contributed by atoms with E-state index in [1.807, 2.05) is 60.1 Å². The van der Waals surface area contributed by atoms with Gasteiger partial charge in [-0.25, -0.2) is 4.98 Å². The van der Waals surface area contributed by atoms with Crippen LogP contribution in [-0.4, -0.2) is 9.38 Å². The average Bonchev–Trinajstić information content (AvgIpc) is 2.82. The van der Waals surface area contributed by atoms with Crippen LogP contribution in [0.3, 0.4) is 0 Å². The van der Waals surface area contributed by atoms with Gasteiger partial charge in [0.1, 0.15) is 12.4 Å². The number of aryl methyl sites for hydroxylation is 1. The Hall–Kier alpha value is -2.00. The summed E-state index contributed by atoms with van der Waals surface area (Å²) in [7, 11) is 0.